The number of hydrogen-bond donors (Lipinski definition) is 3. The summed E-state index contributed by atoms with van der Waals surface area (Å²) in [6, 6.07) is 137. The Balaban J connectivity index is 0.000000127. The zero-order valence-electron chi connectivity index (χ0n) is 61.6. The van der Waals surface area contributed by atoms with Crippen LogP contribution in [0.2, 0.25) is 0 Å². The molecule has 0 fully saturated rings. The van der Waals surface area contributed by atoms with Crippen molar-refractivity contribution < 1.29 is 10.0 Å². The van der Waals surface area contributed by atoms with Gasteiger partial charge in [-0.05, 0) is 258 Å². The zero-order chi connectivity index (χ0) is 76.7. The van der Waals surface area contributed by atoms with Gasteiger partial charge in [0.2, 0.25) is 0 Å². The van der Waals surface area contributed by atoms with Gasteiger partial charge in [-0.3, -0.25) is 4.90 Å². The van der Waals surface area contributed by atoms with E-state index in [4.69, 9.17) is 4.98 Å². The average molecular weight is 1700 g/mol. The van der Waals surface area contributed by atoms with Crippen LogP contribution in [-0.4, -0.2) is 27.1 Å². The van der Waals surface area contributed by atoms with Crippen LogP contribution >= 0.6 is 54.5 Å². The van der Waals surface area contributed by atoms with E-state index < -0.39 is 7.12 Å². The largest absolute Gasteiger partial charge is 0.489 e. The minimum atomic E-state index is -1.50. The van der Waals surface area contributed by atoms with Crippen LogP contribution in [0, 0.1) is 17.4 Å². The molecule has 17 aromatic carbocycles. The Hall–Kier alpha value is -12.1. The second-order valence-electron chi connectivity index (χ2n) is 27.1. The van der Waals surface area contributed by atoms with Crippen LogP contribution < -0.4 is 15.7 Å². The molecule has 0 saturated carbocycles. The molecule has 0 spiro atoms. The number of pyridine rings is 2. The fraction of sp³-hybridized carbons (Fsp3) is 0.0291. The molecule has 548 valence electrons. The van der Waals surface area contributed by atoms with Gasteiger partial charge < -0.3 is 15.4 Å². The van der Waals surface area contributed by atoms with Crippen molar-refractivity contribution in [3.05, 3.63) is 430 Å². The van der Waals surface area contributed by atoms with Crippen LogP contribution in [0.25, 0.3) is 120 Å². The monoisotopic (exact) mass is 1700 g/mol. The molecule has 10 heteroatoms. The predicted octanol–water partition coefficient (Wildman–Crippen LogP) is 28.8. The Morgan fingerprint density at radius 2 is 0.566 bits per heavy atom. The maximum atomic E-state index is 9.94. The first-order valence-corrected chi connectivity index (χ1v) is 39.8. The van der Waals surface area contributed by atoms with Crippen LogP contribution in [0.3, 0.4) is 0 Å². The number of halogens is 3. The number of rotatable bonds is 11. The molecule has 3 N–H and O–H groups in total. The topological polar surface area (TPSA) is 81.5 Å². The molecule has 113 heavy (non-hydrogen) atoms. The Morgan fingerprint density at radius 3 is 0.885 bits per heavy atom. The molecule has 0 aliphatic heterocycles. The molecule has 0 saturated heterocycles. The Morgan fingerprint density at radius 1 is 0.292 bits per heavy atom. The maximum Gasteiger partial charge on any atom is 0.489 e. The van der Waals surface area contributed by atoms with Gasteiger partial charge in [0.1, 0.15) is 11.6 Å². The Labute approximate surface area is 692 Å². The van der Waals surface area contributed by atoms with Crippen LogP contribution in [0.5, 0.6) is 0 Å². The van der Waals surface area contributed by atoms with Crippen LogP contribution in [0.15, 0.2) is 416 Å². The second-order valence-corrected chi connectivity index (χ2v) is 30.2. The number of benzene rings is 17. The number of aromatic nitrogens is 2. The normalized spacial score (nSPS) is 10.7. The first kappa shape index (κ1) is 77.6. The minimum absolute atomic E-state index is 0. The summed E-state index contributed by atoms with van der Waals surface area (Å²) in [6.07, 6.45) is 3.78. The van der Waals surface area contributed by atoms with E-state index in [1.54, 1.807) is 0 Å². The van der Waals surface area contributed by atoms with E-state index in [0.29, 0.717) is 5.46 Å². The van der Waals surface area contributed by atoms with E-state index in [-0.39, 0.29) is 7.43 Å². The minimum Gasteiger partial charge on any atom is -0.423 e. The SMILES string of the molecule is Brc1ccc(-c2c3ccccc3c(-c3ccccc3)c3ccccc23)cc1.Brc1ccc(I)cc1.C.Cc1ccc(N(c2ccccc2)c2ccc(-c3c4ccccc4c(-c4ccccc4)c4ccccc34)cc2)nc1.Cc1ccc(Nc2ccccc2)nc1.OB(O)c1c2ccccc2c(-c2ccccc2)c2ccccc12. The van der Waals surface area contributed by atoms with Crippen molar-refractivity contribution in [2.45, 2.75) is 21.3 Å². The molecule has 0 atom stereocenters. The quantitative estimate of drug-likeness (QED) is 0.0680. The van der Waals surface area contributed by atoms with E-state index in [9.17, 15) is 10.0 Å². The average Bonchev–Trinajstić information content (AvgIpc) is 0.749. The van der Waals surface area contributed by atoms with Crippen molar-refractivity contribution in [2.75, 3.05) is 10.2 Å². The smallest absolute Gasteiger partial charge is 0.423 e. The lowest BCUT2D eigenvalue weighted by Crippen LogP contribution is -2.31. The van der Waals surface area contributed by atoms with Gasteiger partial charge in [-0.2, -0.15) is 0 Å². The highest BCUT2D eigenvalue weighted by molar-refractivity contribution is 14.1. The van der Waals surface area contributed by atoms with Crippen molar-refractivity contribution in [3.63, 3.8) is 0 Å². The highest BCUT2D eigenvalue weighted by Gasteiger charge is 2.24. The summed E-state index contributed by atoms with van der Waals surface area (Å²) in [4.78, 5) is 11.2. The number of para-hydroxylation sites is 2. The number of nitrogens with one attached hydrogen (secondary N) is 1. The molecular formula is C103H80BBr2IN4O2. The van der Waals surface area contributed by atoms with E-state index in [0.717, 1.165) is 75.9 Å². The highest BCUT2D eigenvalue weighted by atomic mass is 127. The third-order valence-electron chi connectivity index (χ3n) is 19.7. The van der Waals surface area contributed by atoms with E-state index in [1.807, 2.05) is 147 Å². The Kier molecular flexibility index (Phi) is 25.3. The summed E-state index contributed by atoms with van der Waals surface area (Å²) in [5.74, 6) is 1.77. The zero-order valence-corrected chi connectivity index (χ0v) is 67.0. The Bertz CT molecular complexity index is 6200. The molecule has 0 bridgehead atoms. The first-order chi connectivity index (χ1) is 55.0. The van der Waals surface area contributed by atoms with Gasteiger partial charge in [-0.15, -0.1) is 0 Å². The molecule has 0 radical (unpaired) electrons. The number of aryl methyl sites for hydroxylation is 2. The van der Waals surface area contributed by atoms with E-state index in [2.05, 4.69) is 343 Å². The van der Waals surface area contributed by atoms with E-state index in [1.165, 1.54) is 96.7 Å². The standard InChI is InChI=1S/C38H28N2.C26H17Br.C20H15BO2.C12H12N2.C6H4BrI.CH4/c1-27-20-25-36(39-26-27)40(30-14-6-3-7-15-30)31-23-21-29(22-24-31)38-34-18-10-8-16-32(34)37(28-12-4-2-5-13-28)33-17-9-11-19-35(33)38;27-20-16-14-19(15-17-20)26-23-12-6-4-10-21(23)25(18-8-2-1-3-9-18)22-11-5-7-13-24(22)26;22-21(23)20-17-12-6-4-10-15(17)19(14-8-2-1-3-9-14)16-11-5-7-13-18(16)20;1-10-7-8-12(13-9-10)14-11-5-3-2-4-6-11;7-5-1-3-6(8)4-2-5;/h2-26H,1H3;1-17H;1-13,22-23H;2-9H,1H3,(H,13,14);1-4H;1H4. The van der Waals surface area contributed by atoms with Crippen molar-refractivity contribution in [1.29, 1.82) is 0 Å². The molecule has 19 aromatic rings. The second kappa shape index (κ2) is 36.8. The maximum absolute atomic E-state index is 9.94. The summed E-state index contributed by atoms with van der Waals surface area (Å²) in [6.45, 7) is 4.09. The third-order valence-corrected chi connectivity index (χ3v) is 21.5. The molecule has 0 aliphatic rings. The van der Waals surface area contributed by atoms with E-state index >= 15 is 0 Å². The van der Waals surface area contributed by atoms with Gasteiger partial charge in [0.25, 0.3) is 0 Å². The van der Waals surface area contributed by atoms with Crippen LogP contribution in [0.4, 0.5) is 28.7 Å². The van der Waals surface area contributed by atoms with Crippen molar-refractivity contribution in [3.8, 4) is 55.6 Å². The lowest BCUT2D eigenvalue weighted by atomic mass is 9.72. The van der Waals surface area contributed by atoms with Crippen molar-refractivity contribution in [2.24, 2.45) is 0 Å². The molecule has 2 heterocycles. The summed E-state index contributed by atoms with van der Waals surface area (Å²) < 4.78 is 3.50. The molecular weight excluding hydrogens is 1620 g/mol. The van der Waals surface area contributed by atoms with Gasteiger partial charge in [0.05, 0.1) is 0 Å². The number of fused-ring (bicyclic) bond motifs is 6. The van der Waals surface area contributed by atoms with Crippen LogP contribution in [0.1, 0.15) is 18.6 Å². The number of anilines is 5. The molecule has 6 nitrogen and oxygen atoms in total. The number of hydrogen-bond acceptors (Lipinski definition) is 6. The van der Waals surface area contributed by atoms with Gasteiger partial charge in [-0.25, -0.2) is 9.97 Å². The molecule has 0 amide bonds. The van der Waals surface area contributed by atoms with Gasteiger partial charge in [0.15, 0.2) is 0 Å². The molecule has 2 aromatic heterocycles. The summed E-state index contributed by atoms with van der Waals surface area (Å²) in [5, 5.41) is 37.1. The third kappa shape index (κ3) is 17.8. The van der Waals surface area contributed by atoms with Crippen LogP contribution in [-0.2, 0) is 0 Å². The molecule has 0 aliphatic carbocycles. The molecule has 0 unspecified atom stereocenters. The first-order valence-electron chi connectivity index (χ1n) is 37.1. The predicted molar refractivity (Wildman–Crippen MR) is 499 cm³/mol. The molecule has 19 rings (SSSR count). The number of nitrogens with zero attached hydrogens (tertiary/aromatic N) is 3. The lowest BCUT2D eigenvalue weighted by molar-refractivity contribution is 0.426. The van der Waals surface area contributed by atoms with Gasteiger partial charge >= 0.3 is 7.12 Å². The summed E-state index contributed by atoms with van der Waals surface area (Å²) in [7, 11) is -1.50. The lowest BCUT2D eigenvalue weighted by Gasteiger charge is -2.25. The highest BCUT2D eigenvalue weighted by Crippen LogP contribution is 2.47. The van der Waals surface area contributed by atoms with Gasteiger partial charge in [-0.1, -0.05) is 349 Å². The summed E-state index contributed by atoms with van der Waals surface area (Å²) in [5.41, 5.74) is 18.4. The van der Waals surface area contributed by atoms with Crippen molar-refractivity contribution in [1.82, 2.24) is 9.97 Å². The van der Waals surface area contributed by atoms with Gasteiger partial charge in [0, 0.05) is 42.0 Å². The van der Waals surface area contributed by atoms with Crippen molar-refractivity contribution >= 4 is 160 Å². The fourth-order valence-electron chi connectivity index (χ4n) is 14.7. The fourth-order valence-corrected chi connectivity index (χ4v) is 15.6. The summed E-state index contributed by atoms with van der Waals surface area (Å²) >= 11 is 9.18.